The van der Waals surface area contributed by atoms with Gasteiger partial charge in [0.15, 0.2) is 0 Å². The van der Waals surface area contributed by atoms with Crippen molar-refractivity contribution in [3.8, 4) is 0 Å². The van der Waals surface area contributed by atoms with Crippen LogP contribution in [0.3, 0.4) is 0 Å². The maximum atomic E-state index is 13.7. The fourth-order valence-corrected chi connectivity index (χ4v) is 4.48. The summed E-state index contributed by atoms with van der Waals surface area (Å²) in [6.07, 6.45) is 2.65. The smallest absolute Gasteiger partial charge is 0.243 e. The van der Waals surface area contributed by atoms with Gasteiger partial charge in [0.25, 0.3) is 0 Å². The molecule has 3 atom stereocenters. The van der Waals surface area contributed by atoms with Crippen molar-refractivity contribution in [2.75, 3.05) is 6.54 Å². The highest BCUT2D eigenvalue weighted by atomic mass is 32.2. The van der Waals surface area contributed by atoms with Crippen LogP contribution >= 0.6 is 0 Å². The van der Waals surface area contributed by atoms with Crippen LogP contribution in [0.25, 0.3) is 0 Å². The predicted molar refractivity (Wildman–Crippen MR) is 72.7 cm³/mol. The first kappa shape index (κ1) is 14.8. The first-order valence-electron chi connectivity index (χ1n) is 6.93. The zero-order chi connectivity index (χ0) is 15.0. The lowest BCUT2D eigenvalue weighted by molar-refractivity contribution is 0.278. The molecule has 1 aliphatic carbocycles. The molecule has 3 unspecified atom stereocenters. The quantitative estimate of drug-likeness (QED) is 0.774. The van der Waals surface area contributed by atoms with Crippen LogP contribution in [0, 0.1) is 17.6 Å². The molecule has 0 aromatic heterocycles. The Morgan fingerprint density at radius 3 is 2.81 bits per heavy atom. The fourth-order valence-electron chi connectivity index (χ4n) is 3.13. The molecule has 1 heterocycles. The zero-order valence-electron chi connectivity index (χ0n) is 11.3. The van der Waals surface area contributed by atoms with Gasteiger partial charge in [-0.15, -0.1) is 0 Å². The van der Waals surface area contributed by atoms with Crippen molar-refractivity contribution >= 4 is 10.0 Å². The molecule has 8 heteroatoms. The summed E-state index contributed by atoms with van der Waals surface area (Å²) in [5.41, 5.74) is 6.11. The molecule has 5 nitrogen and oxygen atoms in total. The summed E-state index contributed by atoms with van der Waals surface area (Å²) >= 11 is 0. The van der Waals surface area contributed by atoms with Gasteiger partial charge < -0.3 is 0 Å². The summed E-state index contributed by atoms with van der Waals surface area (Å²) in [5.74, 6) is -1.51. The largest absolute Gasteiger partial charge is 0.257 e. The van der Waals surface area contributed by atoms with Crippen molar-refractivity contribution in [3.05, 3.63) is 29.8 Å². The van der Waals surface area contributed by atoms with Crippen LogP contribution in [-0.2, 0) is 10.0 Å². The van der Waals surface area contributed by atoms with Crippen molar-refractivity contribution < 1.29 is 17.2 Å². The molecule has 3 rings (SSSR count). The van der Waals surface area contributed by atoms with E-state index >= 15 is 0 Å². The summed E-state index contributed by atoms with van der Waals surface area (Å²) in [6.45, 7) is 0.799. The Balaban J connectivity index is 1.82. The third-order valence-electron chi connectivity index (χ3n) is 4.15. The molecule has 1 saturated carbocycles. The minimum Gasteiger partial charge on any atom is -0.257 e. The Labute approximate surface area is 122 Å². The van der Waals surface area contributed by atoms with E-state index in [1.54, 1.807) is 0 Å². The lowest BCUT2D eigenvalue weighted by Crippen LogP contribution is -2.52. The monoisotopic (exact) mass is 317 g/mol. The van der Waals surface area contributed by atoms with Gasteiger partial charge in [0.2, 0.25) is 10.0 Å². The molecular weight excluding hydrogens is 300 g/mol. The van der Waals surface area contributed by atoms with Crippen molar-refractivity contribution in [1.29, 1.82) is 0 Å². The minimum absolute atomic E-state index is 0.00275. The van der Waals surface area contributed by atoms with Crippen LogP contribution in [0.1, 0.15) is 19.3 Å². The number of halogens is 2. The molecule has 0 amide bonds. The van der Waals surface area contributed by atoms with Gasteiger partial charge in [-0.05, 0) is 30.9 Å². The van der Waals surface area contributed by atoms with Crippen molar-refractivity contribution in [3.63, 3.8) is 0 Å². The molecule has 21 heavy (non-hydrogen) atoms. The summed E-state index contributed by atoms with van der Waals surface area (Å²) in [4.78, 5) is -0.517. The summed E-state index contributed by atoms with van der Waals surface area (Å²) in [5, 5.41) is 0. The lowest BCUT2D eigenvalue weighted by Gasteiger charge is -2.33. The maximum Gasteiger partial charge on any atom is 0.243 e. The van der Waals surface area contributed by atoms with Crippen LogP contribution in [-0.4, -0.2) is 27.0 Å². The molecule has 1 saturated heterocycles. The Morgan fingerprint density at radius 1 is 1.24 bits per heavy atom. The average Bonchev–Trinajstić information content (AvgIpc) is 2.87. The molecule has 3 N–H and O–H groups in total. The number of benzene rings is 1. The lowest BCUT2D eigenvalue weighted by atomic mass is 9.83. The first-order valence-corrected chi connectivity index (χ1v) is 8.41. The number of sulfonamides is 1. The van der Waals surface area contributed by atoms with E-state index < -0.39 is 26.6 Å². The average molecular weight is 317 g/mol. The number of hydrazine groups is 1. The van der Waals surface area contributed by atoms with Crippen LogP contribution in [0.2, 0.25) is 0 Å². The number of rotatable bonds is 3. The van der Waals surface area contributed by atoms with Gasteiger partial charge >= 0.3 is 0 Å². The van der Waals surface area contributed by atoms with E-state index in [1.165, 1.54) is 0 Å². The third kappa shape index (κ3) is 2.94. The van der Waals surface area contributed by atoms with Crippen molar-refractivity contribution in [1.82, 2.24) is 15.6 Å². The molecule has 0 radical (unpaired) electrons. The third-order valence-corrected chi connectivity index (χ3v) is 5.68. The Bertz CT molecular complexity index is 638. The number of hydrogen-bond acceptors (Lipinski definition) is 4. The molecule has 1 aromatic carbocycles. The van der Waals surface area contributed by atoms with E-state index in [4.69, 9.17) is 0 Å². The standard InChI is InChI=1S/C13H17F2N3O2S/c14-9-4-5-12(10(15)6-9)21(19,20)18-11-3-1-2-8-7-16-17-13(8)11/h4-6,8,11,13,16-18H,1-3,7H2. The summed E-state index contributed by atoms with van der Waals surface area (Å²) in [6, 6.07) is 2.17. The van der Waals surface area contributed by atoms with Crippen LogP contribution < -0.4 is 15.6 Å². The zero-order valence-corrected chi connectivity index (χ0v) is 12.1. The number of nitrogens with one attached hydrogen (secondary N) is 3. The van der Waals surface area contributed by atoms with Gasteiger partial charge in [-0.25, -0.2) is 21.9 Å². The molecule has 2 fully saturated rings. The highest BCUT2D eigenvalue weighted by molar-refractivity contribution is 7.89. The Morgan fingerprint density at radius 2 is 2.05 bits per heavy atom. The second-order valence-corrected chi connectivity index (χ2v) is 7.23. The fraction of sp³-hybridized carbons (Fsp3) is 0.538. The van der Waals surface area contributed by atoms with Gasteiger partial charge in [0, 0.05) is 24.7 Å². The minimum atomic E-state index is -4.01. The SMILES string of the molecule is O=S(=O)(NC1CCCC2CNNC21)c1ccc(F)cc1F. The molecule has 2 aliphatic rings. The maximum absolute atomic E-state index is 13.7. The molecule has 116 valence electrons. The van der Waals surface area contributed by atoms with Gasteiger partial charge in [-0.3, -0.25) is 10.9 Å². The number of hydrogen-bond donors (Lipinski definition) is 3. The van der Waals surface area contributed by atoms with Crippen molar-refractivity contribution in [2.24, 2.45) is 5.92 Å². The normalized spacial score (nSPS) is 29.3. The van der Waals surface area contributed by atoms with Gasteiger partial charge in [0.05, 0.1) is 0 Å². The molecular formula is C13H17F2N3O2S. The molecule has 1 aliphatic heterocycles. The Hall–Kier alpha value is -1.09. The van der Waals surface area contributed by atoms with Crippen LogP contribution in [0.5, 0.6) is 0 Å². The van der Waals surface area contributed by atoms with E-state index in [1.807, 2.05) is 0 Å². The summed E-state index contributed by atoms with van der Waals surface area (Å²) in [7, 11) is -4.01. The van der Waals surface area contributed by atoms with E-state index in [2.05, 4.69) is 15.6 Å². The Kier molecular flexibility index (Phi) is 3.96. The highest BCUT2D eigenvalue weighted by Gasteiger charge is 2.38. The van der Waals surface area contributed by atoms with E-state index in [9.17, 15) is 17.2 Å². The highest BCUT2D eigenvalue weighted by Crippen LogP contribution is 2.28. The van der Waals surface area contributed by atoms with Crippen molar-refractivity contribution in [2.45, 2.75) is 36.2 Å². The van der Waals surface area contributed by atoms with E-state index in [0.29, 0.717) is 18.4 Å². The van der Waals surface area contributed by atoms with Gasteiger partial charge in [-0.1, -0.05) is 6.42 Å². The molecule has 1 aromatic rings. The second kappa shape index (κ2) is 5.60. The van der Waals surface area contributed by atoms with E-state index in [0.717, 1.165) is 31.5 Å². The topological polar surface area (TPSA) is 70.2 Å². The molecule has 0 bridgehead atoms. The first-order chi connectivity index (χ1) is 9.97. The predicted octanol–water partition coefficient (Wildman–Crippen LogP) is 0.888. The number of fused-ring (bicyclic) bond motifs is 1. The summed E-state index contributed by atoms with van der Waals surface area (Å²) < 4.78 is 53.7. The van der Waals surface area contributed by atoms with E-state index in [-0.39, 0.29) is 12.1 Å². The second-order valence-electron chi connectivity index (χ2n) is 5.54. The van der Waals surface area contributed by atoms with Gasteiger partial charge in [0.1, 0.15) is 16.5 Å². The van der Waals surface area contributed by atoms with Crippen LogP contribution in [0.15, 0.2) is 23.1 Å². The van der Waals surface area contributed by atoms with Crippen LogP contribution in [0.4, 0.5) is 8.78 Å². The molecule has 0 spiro atoms. The van der Waals surface area contributed by atoms with Gasteiger partial charge in [-0.2, -0.15) is 0 Å².